The van der Waals surface area contributed by atoms with E-state index in [1.165, 1.54) is 31.9 Å². The highest BCUT2D eigenvalue weighted by Gasteiger charge is 2.24. The molecule has 8 heteroatoms. The van der Waals surface area contributed by atoms with Crippen molar-refractivity contribution >= 4 is 23.5 Å². The van der Waals surface area contributed by atoms with Crippen molar-refractivity contribution in [2.24, 2.45) is 5.92 Å². The van der Waals surface area contributed by atoms with Gasteiger partial charge in [-0.3, -0.25) is 9.59 Å². The van der Waals surface area contributed by atoms with Gasteiger partial charge in [-0.1, -0.05) is 38.1 Å². The number of fused-ring (bicyclic) bond motifs is 1. The zero-order valence-electron chi connectivity index (χ0n) is 19.4. The van der Waals surface area contributed by atoms with Crippen LogP contribution in [0.5, 0.6) is 11.5 Å². The summed E-state index contributed by atoms with van der Waals surface area (Å²) in [6, 6.07) is 10.8. The second-order valence-corrected chi connectivity index (χ2v) is 8.18. The second kappa shape index (κ2) is 10.8. The van der Waals surface area contributed by atoms with Gasteiger partial charge in [0.2, 0.25) is 5.91 Å². The lowest BCUT2D eigenvalue weighted by atomic mass is 9.88. The Kier molecular flexibility index (Phi) is 7.92. The van der Waals surface area contributed by atoms with E-state index in [-0.39, 0.29) is 29.1 Å². The molecule has 0 saturated carbocycles. The number of benzene rings is 2. The van der Waals surface area contributed by atoms with E-state index < -0.39 is 18.5 Å². The van der Waals surface area contributed by atoms with Crippen LogP contribution in [0.3, 0.4) is 0 Å². The monoisotopic (exact) mass is 454 g/mol. The van der Waals surface area contributed by atoms with Crippen molar-refractivity contribution in [3.63, 3.8) is 0 Å². The van der Waals surface area contributed by atoms with Crippen LogP contribution in [0.1, 0.15) is 54.2 Å². The van der Waals surface area contributed by atoms with Gasteiger partial charge in [-0.05, 0) is 30.4 Å². The summed E-state index contributed by atoms with van der Waals surface area (Å²) in [6.07, 6.45) is 2.80. The van der Waals surface area contributed by atoms with Crippen LogP contribution in [0.15, 0.2) is 36.4 Å². The third-order valence-corrected chi connectivity index (χ3v) is 5.56. The van der Waals surface area contributed by atoms with Crippen molar-refractivity contribution < 1.29 is 28.6 Å². The molecule has 1 atom stereocenters. The minimum atomic E-state index is -0.755. The highest BCUT2D eigenvalue weighted by molar-refractivity contribution is 6.03. The van der Waals surface area contributed by atoms with Crippen LogP contribution in [0, 0.1) is 5.92 Å². The number of carbonyl (C=O) groups excluding carboxylic acids is 3. The van der Waals surface area contributed by atoms with Gasteiger partial charge in [0.1, 0.15) is 0 Å². The normalized spacial score (nSPS) is 14.8. The lowest BCUT2D eigenvalue weighted by molar-refractivity contribution is -0.125. The van der Waals surface area contributed by atoms with Gasteiger partial charge in [0.15, 0.2) is 18.1 Å². The maximum absolute atomic E-state index is 12.8. The zero-order valence-corrected chi connectivity index (χ0v) is 19.4. The molecular weight excluding hydrogens is 424 g/mol. The van der Waals surface area contributed by atoms with E-state index in [4.69, 9.17) is 14.2 Å². The Balaban J connectivity index is 1.71. The SMILES string of the molecule is COc1cc(NC(=O)C(C)C)c(C(=O)OCC(=O)N[C@@H]2CCCc3ccccc32)cc1OC. The largest absolute Gasteiger partial charge is 0.493 e. The van der Waals surface area contributed by atoms with Crippen molar-refractivity contribution in [2.45, 2.75) is 39.2 Å². The molecular formula is C25H30N2O6. The minimum absolute atomic E-state index is 0.0671. The van der Waals surface area contributed by atoms with Crippen molar-refractivity contribution in [1.82, 2.24) is 5.32 Å². The Hall–Kier alpha value is -3.55. The molecule has 2 amide bonds. The molecule has 0 unspecified atom stereocenters. The molecule has 1 aliphatic carbocycles. The number of ether oxygens (including phenoxy) is 3. The molecule has 0 fully saturated rings. The number of hydrogen-bond acceptors (Lipinski definition) is 6. The Morgan fingerprint density at radius 2 is 1.76 bits per heavy atom. The Labute approximate surface area is 193 Å². The molecule has 33 heavy (non-hydrogen) atoms. The minimum Gasteiger partial charge on any atom is -0.493 e. The molecule has 3 rings (SSSR count). The van der Waals surface area contributed by atoms with Crippen LogP contribution >= 0.6 is 0 Å². The van der Waals surface area contributed by atoms with Crippen LogP contribution in [-0.2, 0) is 20.7 Å². The fourth-order valence-corrected chi connectivity index (χ4v) is 3.78. The first-order valence-electron chi connectivity index (χ1n) is 10.9. The third-order valence-electron chi connectivity index (χ3n) is 5.56. The third kappa shape index (κ3) is 5.83. The van der Waals surface area contributed by atoms with Crippen molar-refractivity contribution in [1.29, 1.82) is 0 Å². The number of carbonyl (C=O) groups is 3. The first kappa shape index (κ1) is 24.1. The van der Waals surface area contributed by atoms with Gasteiger partial charge in [-0.25, -0.2) is 4.79 Å². The number of amides is 2. The Morgan fingerprint density at radius 1 is 1.06 bits per heavy atom. The molecule has 0 saturated heterocycles. The smallest absolute Gasteiger partial charge is 0.340 e. The van der Waals surface area contributed by atoms with Gasteiger partial charge in [0, 0.05) is 18.1 Å². The molecule has 2 aromatic carbocycles. The first-order valence-corrected chi connectivity index (χ1v) is 10.9. The molecule has 0 heterocycles. The number of esters is 1. The number of rotatable bonds is 8. The van der Waals surface area contributed by atoms with Crippen LogP contribution in [0.4, 0.5) is 5.69 Å². The predicted octanol–water partition coefficient (Wildman–Crippen LogP) is 3.65. The maximum atomic E-state index is 12.8. The molecule has 0 radical (unpaired) electrons. The Bertz CT molecular complexity index is 1030. The summed E-state index contributed by atoms with van der Waals surface area (Å²) in [5.41, 5.74) is 2.61. The summed E-state index contributed by atoms with van der Waals surface area (Å²) in [5.74, 6) is -1.07. The topological polar surface area (TPSA) is 103 Å². The Morgan fingerprint density at radius 3 is 2.45 bits per heavy atom. The van der Waals surface area contributed by atoms with Gasteiger partial charge in [-0.15, -0.1) is 0 Å². The van der Waals surface area contributed by atoms with Gasteiger partial charge >= 0.3 is 5.97 Å². The van der Waals surface area contributed by atoms with E-state index in [1.807, 2.05) is 18.2 Å². The molecule has 1 aliphatic rings. The predicted molar refractivity (Wildman–Crippen MR) is 124 cm³/mol. The van der Waals surface area contributed by atoms with E-state index in [0.29, 0.717) is 11.5 Å². The molecule has 8 nitrogen and oxygen atoms in total. The number of anilines is 1. The van der Waals surface area contributed by atoms with Gasteiger partial charge in [0.05, 0.1) is 31.5 Å². The molecule has 2 N–H and O–H groups in total. The van der Waals surface area contributed by atoms with E-state index in [0.717, 1.165) is 24.8 Å². The summed E-state index contributed by atoms with van der Waals surface area (Å²) in [6.45, 7) is 3.03. The average molecular weight is 455 g/mol. The summed E-state index contributed by atoms with van der Waals surface area (Å²) >= 11 is 0. The summed E-state index contributed by atoms with van der Waals surface area (Å²) in [7, 11) is 2.90. The lowest BCUT2D eigenvalue weighted by Crippen LogP contribution is -2.34. The molecule has 0 aliphatic heterocycles. The second-order valence-electron chi connectivity index (χ2n) is 8.18. The van der Waals surface area contributed by atoms with Crippen molar-refractivity contribution in [2.75, 3.05) is 26.1 Å². The van der Waals surface area contributed by atoms with Crippen LogP contribution < -0.4 is 20.1 Å². The van der Waals surface area contributed by atoms with E-state index in [1.54, 1.807) is 13.8 Å². The van der Waals surface area contributed by atoms with Gasteiger partial charge in [-0.2, -0.15) is 0 Å². The van der Waals surface area contributed by atoms with Crippen LogP contribution in [0.2, 0.25) is 0 Å². The number of nitrogens with one attached hydrogen (secondary N) is 2. The quantitative estimate of drug-likeness (QED) is 0.590. The average Bonchev–Trinajstić information content (AvgIpc) is 2.82. The highest BCUT2D eigenvalue weighted by atomic mass is 16.5. The fraction of sp³-hybridized carbons (Fsp3) is 0.400. The zero-order chi connectivity index (χ0) is 24.0. The fourth-order valence-electron chi connectivity index (χ4n) is 3.78. The molecule has 0 aromatic heterocycles. The van der Waals surface area contributed by atoms with Gasteiger partial charge < -0.3 is 24.8 Å². The summed E-state index contributed by atoms with van der Waals surface area (Å²) in [4.78, 5) is 37.6. The number of methoxy groups -OCH3 is 2. The molecule has 0 spiro atoms. The summed E-state index contributed by atoms with van der Waals surface area (Å²) < 4.78 is 15.8. The summed E-state index contributed by atoms with van der Waals surface area (Å²) in [5, 5.41) is 5.66. The van der Waals surface area contributed by atoms with E-state index in [2.05, 4.69) is 16.7 Å². The van der Waals surface area contributed by atoms with E-state index in [9.17, 15) is 14.4 Å². The van der Waals surface area contributed by atoms with Crippen LogP contribution in [0.25, 0.3) is 0 Å². The highest BCUT2D eigenvalue weighted by Crippen LogP contribution is 2.34. The molecule has 2 aromatic rings. The molecule has 0 bridgehead atoms. The van der Waals surface area contributed by atoms with Crippen molar-refractivity contribution in [3.05, 3.63) is 53.1 Å². The van der Waals surface area contributed by atoms with Crippen molar-refractivity contribution in [3.8, 4) is 11.5 Å². The first-order chi connectivity index (χ1) is 15.8. The van der Waals surface area contributed by atoms with E-state index >= 15 is 0 Å². The number of aryl methyl sites for hydroxylation is 1. The van der Waals surface area contributed by atoms with Gasteiger partial charge in [0.25, 0.3) is 5.91 Å². The lowest BCUT2D eigenvalue weighted by Gasteiger charge is -2.26. The van der Waals surface area contributed by atoms with Crippen LogP contribution in [-0.4, -0.2) is 38.6 Å². The number of hydrogen-bond donors (Lipinski definition) is 2. The molecule has 176 valence electrons. The standard InChI is InChI=1S/C25H30N2O6/c1-15(2)24(29)27-20-13-22(32-4)21(31-3)12-18(20)25(30)33-14-23(28)26-19-11-7-9-16-8-5-6-10-17(16)19/h5-6,8,10,12-13,15,19H,7,9,11,14H2,1-4H3,(H,26,28)(H,27,29)/t19-/m1/s1. The maximum Gasteiger partial charge on any atom is 0.340 e.